The molecule has 2 atom stereocenters. The Labute approximate surface area is 149 Å². The Bertz CT molecular complexity index is 505. The molecule has 2 aliphatic carbocycles. The lowest BCUT2D eigenvalue weighted by molar-refractivity contribution is -0.124. The smallest absolute Gasteiger partial charge is 0.236 e. The van der Waals surface area contributed by atoms with Crippen LogP contribution in [-0.2, 0) is 4.79 Å². The zero-order valence-electron chi connectivity index (χ0n) is 13.5. The number of nitrogens with two attached hydrogens (primary N) is 1. The molecule has 2 aliphatic rings. The summed E-state index contributed by atoms with van der Waals surface area (Å²) in [6.45, 7) is 0.684. The molecule has 0 aliphatic heterocycles. The minimum absolute atomic E-state index is 0. The van der Waals surface area contributed by atoms with Crippen LogP contribution in [0, 0.1) is 5.92 Å². The molecule has 0 radical (unpaired) electrons. The zero-order valence-corrected chi connectivity index (χ0v) is 15.1. The molecule has 1 aromatic rings. The first kappa shape index (κ1) is 18.6. The van der Waals surface area contributed by atoms with Gasteiger partial charge in [0.2, 0.25) is 5.91 Å². The van der Waals surface area contributed by atoms with Gasteiger partial charge in [-0.15, -0.1) is 24.2 Å². The number of thioether (sulfide) groups is 1. The minimum atomic E-state index is -0.275. The number of nitrogens with one attached hydrogen (secondary N) is 1. The van der Waals surface area contributed by atoms with Gasteiger partial charge in [-0.05, 0) is 50.3 Å². The molecular formula is C18H27ClN2OS. The second-order valence-electron chi connectivity index (χ2n) is 6.62. The number of hydrogen-bond acceptors (Lipinski definition) is 3. The molecule has 2 saturated carbocycles. The van der Waals surface area contributed by atoms with Gasteiger partial charge in [0, 0.05) is 10.9 Å². The van der Waals surface area contributed by atoms with E-state index in [4.69, 9.17) is 5.73 Å². The predicted octanol–water partition coefficient (Wildman–Crippen LogP) is 3.76. The van der Waals surface area contributed by atoms with E-state index in [1.807, 2.05) is 18.2 Å². The fraction of sp³-hybridized carbons (Fsp3) is 0.611. The van der Waals surface area contributed by atoms with E-state index in [2.05, 4.69) is 17.4 Å². The van der Waals surface area contributed by atoms with Gasteiger partial charge >= 0.3 is 0 Å². The summed E-state index contributed by atoms with van der Waals surface area (Å²) in [4.78, 5) is 14.2. The van der Waals surface area contributed by atoms with E-state index in [1.165, 1.54) is 11.3 Å². The number of carbonyl (C=O) groups excluding carboxylic acids is 1. The van der Waals surface area contributed by atoms with Crippen molar-refractivity contribution in [1.82, 2.24) is 5.32 Å². The summed E-state index contributed by atoms with van der Waals surface area (Å²) in [5.74, 6) is 0.702. The third-order valence-electron chi connectivity index (χ3n) is 5.16. The summed E-state index contributed by atoms with van der Waals surface area (Å²) in [5, 5.41) is 3.34. The molecular weight excluding hydrogens is 328 g/mol. The molecule has 0 spiro atoms. The van der Waals surface area contributed by atoms with Crippen molar-refractivity contribution < 1.29 is 4.79 Å². The van der Waals surface area contributed by atoms with Gasteiger partial charge in [0.15, 0.2) is 0 Å². The van der Waals surface area contributed by atoms with Gasteiger partial charge in [0.25, 0.3) is 0 Å². The van der Waals surface area contributed by atoms with Crippen molar-refractivity contribution in [2.75, 3.05) is 6.54 Å². The van der Waals surface area contributed by atoms with Crippen molar-refractivity contribution in [2.45, 2.75) is 60.6 Å². The Balaban J connectivity index is 0.00000192. The molecule has 1 aromatic carbocycles. The molecule has 1 amide bonds. The molecule has 2 unspecified atom stereocenters. The van der Waals surface area contributed by atoms with Crippen LogP contribution in [0.25, 0.3) is 0 Å². The second-order valence-corrected chi connectivity index (χ2v) is 8.08. The lowest BCUT2D eigenvalue weighted by Crippen LogP contribution is -2.49. The van der Waals surface area contributed by atoms with Crippen LogP contribution >= 0.6 is 24.2 Å². The summed E-state index contributed by atoms with van der Waals surface area (Å²) in [6.07, 6.45) is 7.69. The highest BCUT2D eigenvalue weighted by atomic mass is 35.5. The minimum Gasteiger partial charge on any atom is -0.352 e. The fourth-order valence-electron chi connectivity index (χ4n) is 3.84. The Morgan fingerprint density at radius 3 is 2.52 bits per heavy atom. The van der Waals surface area contributed by atoms with E-state index < -0.39 is 0 Å². The zero-order chi connectivity index (χ0) is 15.4. The van der Waals surface area contributed by atoms with Crippen LogP contribution in [0.3, 0.4) is 0 Å². The van der Waals surface area contributed by atoms with Crippen LogP contribution in [0.15, 0.2) is 35.2 Å². The molecule has 23 heavy (non-hydrogen) atoms. The highest BCUT2D eigenvalue weighted by Gasteiger charge is 2.43. The van der Waals surface area contributed by atoms with Crippen molar-refractivity contribution in [2.24, 2.45) is 11.7 Å². The maximum absolute atomic E-state index is 13.0. The van der Waals surface area contributed by atoms with E-state index in [9.17, 15) is 4.79 Å². The summed E-state index contributed by atoms with van der Waals surface area (Å²) >= 11 is 1.76. The molecule has 3 N–H and O–H groups in total. The Hall–Kier alpha value is -0.710. The molecule has 0 bridgehead atoms. The standard InChI is InChI=1S/C18H26N2OS.ClH/c19-13-14-7-6-10-16(14)20-17(21)18(11-4-5-12-18)22-15-8-2-1-3-9-15;/h1-3,8-9,14,16H,4-7,10-13,19H2,(H,20,21);1H. The highest BCUT2D eigenvalue weighted by molar-refractivity contribution is 8.01. The lowest BCUT2D eigenvalue weighted by atomic mass is 10.0. The number of hydrogen-bond donors (Lipinski definition) is 2. The summed E-state index contributed by atoms with van der Waals surface area (Å²) in [6, 6.07) is 10.6. The molecule has 0 aromatic heterocycles. The van der Waals surface area contributed by atoms with Crippen LogP contribution in [-0.4, -0.2) is 23.2 Å². The fourth-order valence-corrected chi connectivity index (χ4v) is 5.23. The SMILES string of the molecule is Cl.NCC1CCCC1NC(=O)C1(Sc2ccccc2)CCCC1. The monoisotopic (exact) mass is 354 g/mol. The predicted molar refractivity (Wildman–Crippen MR) is 99.1 cm³/mol. The van der Waals surface area contributed by atoms with Gasteiger partial charge in [-0.2, -0.15) is 0 Å². The Morgan fingerprint density at radius 1 is 1.17 bits per heavy atom. The van der Waals surface area contributed by atoms with E-state index in [0.29, 0.717) is 12.5 Å². The van der Waals surface area contributed by atoms with E-state index >= 15 is 0 Å². The Morgan fingerprint density at radius 2 is 1.87 bits per heavy atom. The number of amides is 1. The quantitative estimate of drug-likeness (QED) is 0.846. The topological polar surface area (TPSA) is 55.1 Å². The number of carbonyl (C=O) groups is 1. The molecule has 0 saturated heterocycles. The second kappa shape index (κ2) is 8.41. The molecule has 2 fully saturated rings. The number of halogens is 1. The van der Waals surface area contributed by atoms with Crippen molar-refractivity contribution in [1.29, 1.82) is 0 Å². The average Bonchev–Trinajstić information content (AvgIpc) is 3.18. The van der Waals surface area contributed by atoms with Crippen LogP contribution in [0.2, 0.25) is 0 Å². The van der Waals surface area contributed by atoms with Gasteiger partial charge in [0.05, 0.1) is 4.75 Å². The van der Waals surface area contributed by atoms with E-state index in [0.717, 1.165) is 38.5 Å². The first-order valence-electron chi connectivity index (χ1n) is 8.49. The third-order valence-corrected chi connectivity index (χ3v) is 6.65. The Kier molecular flexibility index (Phi) is 6.81. The van der Waals surface area contributed by atoms with Gasteiger partial charge in [-0.25, -0.2) is 0 Å². The number of rotatable bonds is 5. The normalized spacial score (nSPS) is 25.8. The van der Waals surface area contributed by atoms with Crippen LogP contribution in [0.4, 0.5) is 0 Å². The summed E-state index contributed by atoms with van der Waals surface area (Å²) < 4.78 is -0.275. The van der Waals surface area contributed by atoms with Crippen LogP contribution < -0.4 is 11.1 Å². The number of benzene rings is 1. The lowest BCUT2D eigenvalue weighted by Gasteiger charge is -2.30. The van der Waals surface area contributed by atoms with Gasteiger partial charge in [0.1, 0.15) is 0 Å². The molecule has 3 rings (SSSR count). The van der Waals surface area contributed by atoms with Crippen LogP contribution in [0.5, 0.6) is 0 Å². The molecule has 128 valence electrons. The van der Waals surface area contributed by atoms with Crippen molar-refractivity contribution in [3.8, 4) is 0 Å². The maximum atomic E-state index is 13.0. The van der Waals surface area contributed by atoms with Crippen LogP contribution in [0.1, 0.15) is 44.9 Å². The first-order chi connectivity index (χ1) is 10.7. The summed E-state index contributed by atoms with van der Waals surface area (Å²) in [5.41, 5.74) is 5.85. The van der Waals surface area contributed by atoms with Gasteiger partial charge in [-0.1, -0.05) is 37.5 Å². The first-order valence-corrected chi connectivity index (χ1v) is 9.30. The molecule has 0 heterocycles. The largest absolute Gasteiger partial charge is 0.352 e. The summed E-state index contributed by atoms with van der Waals surface area (Å²) in [7, 11) is 0. The maximum Gasteiger partial charge on any atom is 0.236 e. The van der Waals surface area contributed by atoms with Gasteiger partial charge in [-0.3, -0.25) is 4.79 Å². The van der Waals surface area contributed by atoms with Crippen molar-refractivity contribution in [3.63, 3.8) is 0 Å². The van der Waals surface area contributed by atoms with Crippen molar-refractivity contribution >= 4 is 30.1 Å². The average molecular weight is 355 g/mol. The van der Waals surface area contributed by atoms with Crippen molar-refractivity contribution in [3.05, 3.63) is 30.3 Å². The third kappa shape index (κ3) is 4.23. The molecule has 5 heteroatoms. The molecule has 3 nitrogen and oxygen atoms in total. The van der Waals surface area contributed by atoms with Gasteiger partial charge < -0.3 is 11.1 Å². The van der Waals surface area contributed by atoms with E-state index in [-0.39, 0.29) is 29.1 Å². The van der Waals surface area contributed by atoms with E-state index in [1.54, 1.807) is 11.8 Å². The highest BCUT2D eigenvalue weighted by Crippen LogP contribution is 2.45.